The van der Waals surface area contributed by atoms with Crippen LogP contribution in [0.5, 0.6) is 5.75 Å². The highest BCUT2D eigenvalue weighted by Gasteiger charge is 2.22. The summed E-state index contributed by atoms with van der Waals surface area (Å²) in [6.07, 6.45) is 3.45. The molecule has 0 unspecified atom stereocenters. The molecule has 0 N–H and O–H groups in total. The Hall–Kier alpha value is -2.62. The summed E-state index contributed by atoms with van der Waals surface area (Å²) < 4.78 is 5.43. The van der Waals surface area contributed by atoms with Crippen molar-refractivity contribution in [3.05, 3.63) is 59.7 Å². The molecular weight excluding hydrogens is 314 g/mol. The van der Waals surface area contributed by atoms with Gasteiger partial charge in [0, 0.05) is 31.1 Å². The van der Waals surface area contributed by atoms with Gasteiger partial charge in [0.1, 0.15) is 5.75 Å². The van der Waals surface area contributed by atoms with Crippen LogP contribution in [0.2, 0.25) is 0 Å². The van der Waals surface area contributed by atoms with Gasteiger partial charge in [-0.2, -0.15) is 0 Å². The molecule has 0 aromatic heterocycles. The van der Waals surface area contributed by atoms with Crippen LogP contribution in [0, 0.1) is 6.92 Å². The Balaban J connectivity index is 1.50. The van der Waals surface area contributed by atoms with Gasteiger partial charge in [0.25, 0.3) is 0 Å². The smallest absolute Gasteiger partial charge is 0.311 e. The van der Waals surface area contributed by atoms with Crippen molar-refractivity contribution < 1.29 is 14.3 Å². The summed E-state index contributed by atoms with van der Waals surface area (Å²) in [5.41, 5.74) is 3.26. The van der Waals surface area contributed by atoms with Crippen molar-refractivity contribution in [1.82, 2.24) is 0 Å². The summed E-state index contributed by atoms with van der Waals surface area (Å²) in [5.74, 6) is 0.385. The molecule has 1 aliphatic heterocycles. The molecule has 1 fully saturated rings. The standard InChI is InChI=1S/C21H23NO3/c1-16-10-12-17(13-11-16)5-2-9-21(24)25-19-7-3-6-18(15-19)22-14-4-8-20(22)23/h3,6-7,10-13,15H,2,4-5,8-9,14H2,1H3. The van der Waals surface area contributed by atoms with E-state index in [1.54, 1.807) is 17.0 Å². The van der Waals surface area contributed by atoms with Gasteiger partial charge in [0.2, 0.25) is 5.91 Å². The van der Waals surface area contributed by atoms with Crippen LogP contribution in [0.3, 0.4) is 0 Å². The van der Waals surface area contributed by atoms with Crippen molar-refractivity contribution in [3.8, 4) is 5.75 Å². The molecule has 0 bridgehead atoms. The number of amides is 1. The zero-order valence-corrected chi connectivity index (χ0v) is 14.5. The minimum Gasteiger partial charge on any atom is -0.426 e. The minimum absolute atomic E-state index is 0.126. The van der Waals surface area contributed by atoms with E-state index >= 15 is 0 Å². The molecular formula is C21H23NO3. The summed E-state index contributed by atoms with van der Waals surface area (Å²) in [7, 11) is 0. The number of carbonyl (C=O) groups excluding carboxylic acids is 2. The molecule has 4 heteroatoms. The lowest BCUT2D eigenvalue weighted by molar-refractivity contribution is -0.134. The third kappa shape index (κ3) is 4.69. The van der Waals surface area contributed by atoms with Gasteiger partial charge < -0.3 is 9.64 Å². The second kappa shape index (κ2) is 7.97. The fraction of sp³-hybridized carbons (Fsp3) is 0.333. The minimum atomic E-state index is -0.239. The highest BCUT2D eigenvalue weighted by molar-refractivity contribution is 5.95. The Morgan fingerprint density at radius 1 is 1.16 bits per heavy atom. The Morgan fingerprint density at radius 3 is 2.68 bits per heavy atom. The summed E-state index contributed by atoms with van der Waals surface area (Å²) in [6, 6.07) is 15.6. The van der Waals surface area contributed by atoms with E-state index in [4.69, 9.17) is 4.74 Å². The van der Waals surface area contributed by atoms with Crippen molar-refractivity contribution in [1.29, 1.82) is 0 Å². The zero-order valence-electron chi connectivity index (χ0n) is 14.5. The van der Waals surface area contributed by atoms with Crippen LogP contribution in [0.1, 0.15) is 36.8 Å². The molecule has 1 amide bonds. The third-order valence-corrected chi connectivity index (χ3v) is 4.40. The summed E-state index contributed by atoms with van der Waals surface area (Å²) in [5, 5.41) is 0. The van der Waals surface area contributed by atoms with Crippen molar-refractivity contribution in [2.45, 2.75) is 39.0 Å². The van der Waals surface area contributed by atoms with Crippen LogP contribution < -0.4 is 9.64 Å². The van der Waals surface area contributed by atoms with Crippen LogP contribution in [0.15, 0.2) is 48.5 Å². The number of ether oxygens (including phenoxy) is 1. The number of hydrogen-bond donors (Lipinski definition) is 0. The van der Waals surface area contributed by atoms with Gasteiger partial charge in [0.05, 0.1) is 0 Å². The van der Waals surface area contributed by atoms with Gasteiger partial charge in [-0.3, -0.25) is 9.59 Å². The van der Waals surface area contributed by atoms with Gasteiger partial charge >= 0.3 is 5.97 Å². The second-order valence-electron chi connectivity index (χ2n) is 6.46. The predicted molar refractivity (Wildman–Crippen MR) is 97.8 cm³/mol. The van der Waals surface area contributed by atoms with Crippen LogP contribution in [-0.4, -0.2) is 18.4 Å². The average molecular weight is 337 g/mol. The number of esters is 1. The third-order valence-electron chi connectivity index (χ3n) is 4.40. The molecule has 0 saturated carbocycles. The molecule has 4 nitrogen and oxygen atoms in total. The number of carbonyl (C=O) groups is 2. The number of nitrogens with zero attached hydrogens (tertiary/aromatic N) is 1. The first-order valence-electron chi connectivity index (χ1n) is 8.78. The molecule has 0 spiro atoms. The largest absolute Gasteiger partial charge is 0.426 e. The van der Waals surface area contributed by atoms with E-state index in [1.165, 1.54) is 11.1 Å². The van der Waals surface area contributed by atoms with Gasteiger partial charge in [-0.15, -0.1) is 0 Å². The first kappa shape index (κ1) is 17.2. The number of benzene rings is 2. The maximum Gasteiger partial charge on any atom is 0.311 e. The Morgan fingerprint density at radius 2 is 1.96 bits per heavy atom. The number of hydrogen-bond acceptors (Lipinski definition) is 3. The Kier molecular flexibility index (Phi) is 5.49. The molecule has 0 atom stereocenters. The summed E-state index contributed by atoms with van der Waals surface area (Å²) >= 11 is 0. The SMILES string of the molecule is Cc1ccc(CCCC(=O)Oc2cccc(N3CCCC3=O)c2)cc1. The maximum atomic E-state index is 12.1. The van der Waals surface area contributed by atoms with Crippen LogP contribution in [-0.2, 0) is 16.0 Å². The van der Waals surface area contributed by atoms with Crippen LogP contribution in [0.25, 0.3) is 0 Å². The summed E-state index contributed by atoms with van der Waals surface area (Å²) in [4.78, 5) is 25.6. The van der Waals surface area contributed by atoms with E-state index in [-0.39, 0.29) is 11.9 Å². The topological polar surface area (TPSA) is 46.6 Å². The molecule has 0 aliphatic carbocycles. The second-order valence-corrected chi connectivity index (χ2v) is 6.46. The lowest BCUT2D eigenvalue weighted by Crippen LogP contribution is -2.23. The van der Waals surface area contributed by atoms with Gasteiger partial charge in [0.15, 0.2) is 0 Å². The molecule has 1 aliphatic rings. The van der Waals surface area contributed by atoms with E-state index < -0.39 is 0 Å². The van der Waals surface area contributed by atoms with Crippen molar-refractivity contribution >= 4 is 17.6 Å². The summed E-state index contributed by atoms with van der Waals surface area (Å²) in [6.45, 7) is 2.79. The van der Waals surface area contributed by atoms with E-state index in [0.717, 1.165) is 31.5 Å². The Bertz CT molecular complexity index is 752. The highest BCUT2D eigenvalue weighted by Crippen LogP contribution is 2.25. The first-order valence-corrected chi connectivity index (χ1v) is 8.78. The number of aryl methyl sites for hydroxylation is 2. The van der Waals surface area contributed by atoms with Crippen LogP contribution >= 0.6 is 0 Å². The van der Waals surface area contributed by atoms with Gasteiger partial charge in [-0.1, -0.05) is 35.9 Å². The molecule has 3 rings (SSSR count). The van der Waals surface area contributed by atoms with E-state index in [0.29, 0.717) is 18.6 Å². The monoisotopic (exact) mass is 337 g/mol. The fourth-order valence-electron chi connectivity index (χ4n) is 3.01. The van der Waals surface area contributed by atoms with Crippen molar-refractivity contribution in [2.24, 2.45) is 0 Å². The first-order chi connectivity index (χ1) is 12.1. The molecule has 130 valence electrons. The molecule has 2 aromatic carbocycles. The van der Waals surface area contributed by atoms with Gasteiger partial charge in [-0.05, 0) is 43.9 Å². The highest BCUT2D eigenvalue weighted by atomic mass is 16.5. The van der Waals surface area contributed by atoms with Crippen molar-refractivity contribution in [2.75, 3.05) is 11.4 Å². The molecule has 1 heterocycles. The zero-order chi connectivity index (χ0) is 17.6. The average Bonchev–Trinajstić information content (AvgIpc) is 3.03. The van der Waals surface area contributed by atoms with E-state index in [1.807, 2.05) is 12.1 Å². The van der Waals surface area contributed by atoms with E-state index in [9.17, 15) is 9.59 Å². The normalized spacial score (nSPS) is 14.0. The lowest BCUT2D eigenvalue weighted by Gasteiger charge is -2.16. The molecule has 0 radical (unpaired) electrons. The fourth-order valence-corrected chi connectivity index (χ4v) is 3.01. The van der Waals surface area contributed by atoms with Gasteiger partial charge in [-0.25, -0.2) is 0 Å². The maximum absolute atomic E-state index is 12.1. The number of anilines is 1. The molecule has 25 heavy (non-hydrogen) atoms. The molecule has 1 saturated heterocycles. The molecule has 2 aromatic rings. The van der Waals surface area contributed by atoms with E-state index in [2.05, 4.69) is 31.2 Å². The quantitative estimate of drug-likeness (QED) is 0.590. The number of rotatable bonds is 6. The Labute approximate surface area is 148 Å². The van der Waals surface area contributed by atoms with Crippen LogP contribution in [0.4, 0.5) is 5.69 Å². The van der Waals surface area contributed by atoms with Crippen molar-refractivity contribution in [3.63, 3.8) is 0 Å². The predicted octanol–water partition coefficient (Wildman–Crippen LogP) is 4.05. The lowest BCUT2D eigenvalue weighted by atomic mass is 10.1.